The summed E-state index contributed by atoms with van der Waals surface area (Å²) >= 11 is 12.5. The topological polar surface area (TPSA) is 23.5 Å². The van der Waals surface area contributed by atoms with E-state index in [0.29, 0.717) is 43.7 Å². The number of aliphatic hydroxyl groups is 1. The molecule has 3 rings (SSSR count). The largest absolute Gasteiger partial charge is 0.416 e. The summed E-state index contributed by atoms with van der Waals surface area (Å²) < 4.78 is 40.1. The van der Waals surface area contributed by atoms with Crippen molar-refractivity contribution in [3.63, 3.8) is 0 Å². The smallest absolute Gasteiger partial charge is 0.387 e. The summed E-state index contributed by atoms with van der Waals surface area (Å²) in [5, 5.41) is 13.8. The van der Waals surface area contributed by atoms with Crippen molar-refractivity contribution in [2.45, 2.75) is 39.0 Å². The summed E-state index contributed by atoms with van der Waals surface area (Å²) in [7, 11) is 0. The van der Waals surface area contributed by atoms with E-state index in [-0.39, 0.29) is 12.4 Å². The molecule has 0 bridgehead atoms. The predicted molar refractivity (Wildman–Crippen MR) is 126 cm³/mol. The Morgan fingerprint density at radius 3 is 2.10 bits per heavy atom. The molecule has 0 amide bonds. The van der Waals surface area contributed by atoms with Crippen molar-refractivity contribution in [2.24, 2.45) is 0 Å². The average Bonchev–Trinajstić information content (AvgIpc) is 2.66. The van der Waals surface area contributed by atoms with Gasteiger partial charge in [-0.05, 0) is 78.0 Å². The van der Waals surface area contributed by atoms with Crippen LogP contribution in [0.3, 0.4) is 0 Å². The predicted octanol–water partition coefficient (Wildman–Crippen LogP) is 7.90. The molecule has 8 heteroatoms. The molecule has 2 nitrogen and oxygen atoms in total. The molecule has 3 aromatic carbocycles. The van der Waals surface area contributed by atoms with Crippen molar-refractivity contribution in [3.8, 4) is 0 Å². The average molecular weight is 495 g/mol. The van der Waals surface area contributed by atoms with Crippen LogP contribution in [0.25, 0.3) is 21.5 Å². The summed E-state index contributed by atoms with van der Waals surface area (Å²) in [4.78, 5) is 2.16. The third kappa shape index (κ3) is 5.77. The molecule has 0 aliphatic heterocycles. The second kappa shape index (κ2) is 10.6. The highest BCUT2D eigenvalue weighted by Crippen LogP contribution is 2.40. The Labute approximate surface area is 196 Å². The third-order valence-electron chi connectivity index (χ3n) is 5.21. The molecule has 0 aliphatic carbocycles. The van der Waals surface area contributed by atoms with Gasteiger partial charge in [0, 0.05) is 22.0 Å². The summed E-state index contributed by atoms with van der Waals surface area (Å²) in [6.07, 6.45) is -3.44. The molecule has 0 radical (unpaired) electrons. The number of hydrogen-bond acceptors (Lipinski definition) is 2. The Kier molecular flexibility index (Phi) is 8.88. The molecule has 0 heterocycles. The van der Waals surface area contributed by atoms with Crippen molar-refractivity contribution >= 4 is 57.2 Å². The molecule has 1 N–H and O–H groups in total. The minimum absolute atomic E-state index is 0. The van der Waals surface area contributed by atoms with Crippen LogP contribution in [0.1, 0.15) is 43.9 Å². The van der Waals surface area contributed by atoms with Gasteiger partial charge in [-0.3, -0.25) is 0 Å². The first-order valence-electron chi connectivity index (χ1n) is 9.98. The van der Waals surface area contributed by atoms with Crippen LogP contribution in [-0.2, 0) is 6.18 Å². The van der Waals surface area contributed by atoms with E-state index >= 15 is 0 Å². The molecule has 1 unspecified atom stereocenters. The van der Waals surface area contributed by atoms with Crippen LogP contribution in [0.2, 0.25) is 10.0 Å². The number of rotatable bonds is 7. The first-order valence-corrected chi connectivity index (χ1v) is 10.7. The van der Waals surface area contributed by atoms with Crippen molar-refractivity contribution in [2.75, 3.05) is 19.6 Å². The lowest BCUT2D eigenvalue weighted by Crippen LogP contribution is -2.30. The minimum Gasteiger partial charge on any atom is -0.387 e. The van der Waals surface area contributed by atoms with Crippen LogP contribution in [0.4, 0.5) is 13.2 Å². The van der Waals surface area contributed by atoms with Gasteiger partial charge in [0.25, 0.3) is 0 Å². The highest BCUT2D eigenvalue weighted by molar-refractivity contribution is 6.39. The van der Waals surface area contributed by atoms with Crippen molar-refractivity contribution < 1.29 is 18.3 Å². The molecule has 0 spiro atoms. The lowest BCUT2D eigenvalue weighted by atomic mass is 9.93. The van der Waals surface area contributed by atoms with E-state index in [4.69, 9.17) is 23.2 Å². The number of benzene rings is 3. The van der Waals surface area contributed by atoms with Gasteiger partial charge >= 0.3 is 6.18 Å². The molecule has 3 aromatic rings. The molecule has 31 heavy (non-hydrogen) atoms. The summed E-state index contributed by atoms with van der Waals surface area (Å²) in [6.45, 7) is 6.22. The van der Waals surface area contributed by atoms with E-state index in [1.54, 1.807) is 18.2 Å². The van der Waals surface area contributed by atoms with E-state index < -0.39 is 17.8 Å². The number of nitrogens with zero attached hydrogens (tertiary/aromatic N) is 1. The summed E-state index contributed by atoms with van der Waals surface area (Å²) in [5.74, 6) is 0. The Bertz CT molecular complexity index is 1050. The number of alkyl halides is 3. The van der Waals surface area contributed by atoms with E-state index in [1.807, 2.05) is 0 Å². The maximum absolute atomic E-state index is 13.4. The Morgan fingerprint density at radius 2 is 1.52 bits per heavy atom. The molecule has 0 saturated carbocycles. The summed E-state index contributed by atoms with van der Waals surface area (Å²) in [6, 6.07) is 8.52. The van der Waals surface area contributed by atoms with Gasteiger partial charge in [0.05, 0.1) is 11.7 Å². The van der Waals surface area contributed by atoms with Gasteiger partial charge in [-0.15, -0.1) is 12.4 Å². The van der Waals surface area contributed by atoms with Gasteiger partial charge in [-0.25, -0.2) is 0 Å². The highest BCUT2D eigenvalue weighted by Gasteiger charge is 2.31. The zero-order valence-electron chi connectivity index (χ0n) is 17.3. The van der Waals surface area contributed by atoms with Gasteiger partial charge in [0.15, 0.2) is 0 Å². The SMILES string of the molecule is CCCN(CCC)CC(O)c1cc2c(Cl)cc(Cl)cc2c2cc(C(F)(F)F)ccc12.Cl. The molecule has 170 valence electrons. The van der Waals surface area contributed by atoms with Crippen LogP contribution in [0.5, 0.6) is 0 Å². The molecule has 0 fully saturated rings. The second-order valence-electron chi connectivity index (χ2n) is 7.52. The number of hydrogen-bond donors (Lipinski definition) is 1. The fourth-order valence-electron chi connectivity index (χ4n) is 3.93. The van der Waals surface area contributed by atoms with Gasteiger partial charge in [-0.1, -0.05) is 43.1 Å². The van der Waals surface area contributed by atoms with E-state index in [9.17, 15) is 18.3 Å². The van der Waals surface area contributed by atoms with E-state index in [2.05, 4.69) is 18.7 Å². The molecule has 0 aliphatic rings. The van der Waals surface area contributed by atoms with Crippen molar-refractivity contribution in [3.05, 3.63) is 57.6 Å². The monoisotopic (exact) mass is 493 g/mol. The second-order valence-corrected chi connectivity index (χ2v) is 8.37. The fraction of sp³-hybridized carbons (Fsp3) is 0.391. The molecular weight excluding hydrogens is 470 g/mol. The van der Waals surface area contributed by atoms with Crippen LogP contribution in [0.15, 0.2) is 36.4 Å². The zero-order chi connectivity index (χ0) is 22.1. The third-order valence-corrected chi connectivity index (χ3v) is 5.74. The van der Waals surface area contributed by atoms with E-state index in [0.717, 1.165) is 38.1 Å². The Balaban J connectivity index is 0.00000341. The molecule has 0 saturated heterocycles. The number of aliphatic hydroxyl groups excluding tert-OH is 1. The summed E-state index contributed by atoms with van der Waals surface area (Å²) in [5.41, 5.74) is -0.190. The first-order chi connectivity index (χ1) is 14.2. The van der Waals surface area contributed by atoms with Gasteiger partial charge in [0.1, 0.15) is 0 Å². The maximum Gasteiger partial charge on any atom is 0.416 e. The quantitative estimate of drug-likeness (QED) is 0.337. The number of halogens is 6. The van der Waals surface area contributed by atoms with Crippen LogP contribution >= 0.6 is 35.6 Å². The standard InChI is InChI=1S/C23H24Cl2F3NO.ClH/c1-3-7-29(8-4-2)13-22(30)20-12-19-18(10-15(24)11-21(19)25)17-9-14(23(26,27)28)5-6-16(17)20;/h5-6,9-12,22,30H,3-4,7-8,13H2,1-2H3;1H. The zero-order valence-corrected chi connectivity index (χ0v) is 19.6. The normalized spacial score (nSPS) is 13.1. The Hall–Kier alpha value is -1.24. The van der Waals surface area contributed by atoms with Crippen LogP contribution < -0.4 is 0 Å². The van der Waals surface area contributed by atoms with Gasteiger partial charge in [0.2, 0.25) is 0 Å². The highest BCUT2D eigenvalue weighted by atomic mass is 35.5. The lowest BCUT2D eigenvalue weighted by molar-refractivity contribution is -0.137. The van der Waals surface area contributed by atoms with Crippen molar-refractivity contribution in [1.82, 2.24) is 4.90 Å². The number of fused-ring (bicyclic) bond motifs is 3. The van der Waals surface area contributed by atoms with Gasteiger partial charge in [-0.2, -0.15) is 13.2 Å². The fourth-order valence-corrected chi connectivity index (χ4v) is 4.48. The van der Waals surface area contributed by atoms with Crippen LogP contribution in [0, 0.1) is 0 Å². The molecule has 1 atom stereocenters. The van der Waals surface area contributed by atoms with Gasteiger partial charge < -0.3 is 10.0 Å². The van der Waals surface area contributed by atoms with Crippen LogP contribution in [-0.4, -0.2) is 29.6 Å². The lowest BCUT2D eigenvalue weighted by Gasteiger charge is -2.25. The Morgan fingerprint density at radius 1 is 0.903 bits per heavy atom. The molecule has 0 aromatic heterocycles. The molecular formula is C23H25Cl3F3NO. The van der Waals surface area contributed by atoms with Crippen molar-refractivity contribution in [1.29, 1.82) is 0 Å². The first kappa shape index (κ1) is 26.0. The van der Waals surface area contributed by atoms with E-state index in [1.165, 1.54) is 6.07 Å². The maximum atomic E-state index is 13.4. The minimum atomic E-state index is -4.48.